The van der Waals surface area contributed by atoms with Crippen molar-refractivity contribution in [3.63, 3.8) is 0 Å². The molecule has 0 saturated carbocycles. The smallest absolute Gasteiger partial charge is 0.255 e. The van der Waals surface area contributed by atoms with E-state index in [1.807, 2.05) is 0 Å². The largest absolute Gasteiger partial charge is 0.587 e. The van der Waals surface area contributed by atoms with Crippen LogP contribution in [0.4, 0.5) is 0 Å². The second-order valence-corrected chi connectivity index (χ2v) is 2.75. The monoisotopic (exact) mass is 245 g/mol. The zero-order valence-corrected chi connectivity index (χ0v) is 10.2. The minimum Gasteiger partial charge on any atom is -0.587 e. The number of rotatable bonds is 1. The maximum absolute atomic E-state index is 11.1. The van der Waals surface area contributed by atoms with Crippen LogP contribution in [0, 0.1) is 0 Å². The van der Waals surface area contributed by atoms with Gasteiger partial charge in [-0.15, -0.1) is 0 Å². The van der Waals surface area contributed by atoms with Crippen molar-refractivity contribution in [2.24, 2.45) is 7.05 Å². The van der Waals surface area contributed by atoms with Gasteiger partial charge in [0.1, 0.15) is 0 Å². The molecule has 0 aliphatic carbocycles. The van der Waals surface area contributed by atoms with Crippen LogP contribution in [0.5, 0.6) is 0 Å². The Morgan fingerprint density at radius 2 is 1.92 bits per heavy atom. The van der Waals surface area contributed by atoms with Crippen molar-refractivity contribution in [2.75, 3.05) is 0 Å². The van der Waals surface area contributed by atoms with Crippen LogP contribution < -0.4 is 11.3 Å². The first-order valence-electron chi connectivity index (χ1n) is 3.40. The van der Waals surface area contributed by atoms with E-state index < -0.39 is 5.76 Å². The van der Waals surface area contributed by atoms with Crippen LogP contribution in [0.3, 0.4) is 0 Å². The number of oxazole rings is 1. The minimum absolute atomic E-state index is 0. The van der Waals surface area contributed by atoms with Crippen molar-refractivity contribution in [3.05, 3.63) is 26.7 Å². The Morgan fingerprint density at radius 1 is 1.42 bits per heavy atom. The molecule has 0 N–H and O–H groups in total. The Bertz CT molecular complexity index is 357. The maximum Gasteiger partial charge on any atom is 0.255 e. The molecular formula is C7H10NO3Y-. The first-order chi connectivity index (χ1) is 5.04. The van der Waals surface area contributed by atoms with Crippen molar-refractivity contribution in [3.8, 4) is 0 Å². The number of hydrogen-bond acceptors (Lipinski definition) is 3. The molecule has 65 valence electrons. The summed E-state index contributed by atoms with van der Waals surface area (Å²) in [5, 5.41) is 0. The van der Waals surface area contributed by atoms with E-state index in [4.69, 9.17) is 4.42 Å². The average molecular weight is 245 g/mol. The Balaban J connectivity index is 0.00000121. The molecular weight excluding hydrogens is 235 g/mol. The molecule has 0 atom stereocenters. The van der Waals surface area contributed by atoms with Gasteiger partial charge >= 0.3 is 0 Å². The van der Waals surface area contributed by atoms with Crippen molar-refractivity contribution in [1.82, 2.24) is 4.57 Å². The summed E-state index contributed by atoms with van der Waals surface area (Å²) in [6.07, 6.45) is 0. The summed E-state index contributed by atoms with van der Waals surface area (Å²) in [6.45, 7) is 3.61. The Labute approximate surface area is 94.8 Å². The summed E-state index contributed by atoms with van der Waals surface area (Å²) < 4.78 is 5.67. The van der Waals surface area contributed by atoms with Crippen LogP contribution in [0.1, 0.15) is 25.5 Å². The number of aromatic nitrogens is 1. The molecule has 1 aromatic rings. The first-order valence-corrected chi connectivity index (χ1v) is 3.40. The molecule has 1 heterocycles. The fourth-order valence-electron chi connectivity index (χ4n) is 0.819. The molecule has 0 amide bonds. The predicted octanol–water partition coefficient (Wildman–Crippen LogP) is 0.178. The minimum atomic E-state index is -0.585. The normalized spacial score (nSPS) is 10.0. The summed E-state index contributed by atoms with van der Waals surface area (Å²) in [5.41, 5.74) is -0.329. The van der Waals surface area contributed by atoms with Crippen LogP contribution in [0.25, 0.3) is 0 Å². The van der Waals surface area contributed by atoms with Crippen molar-refractivity contribution in [1.29, 1.82) is 0 Å². The average Bonchev–Trinajstić information content (AvgIpc) is 2.17. The van der Waals surface area contributed by atoms with Crippen LogP contribution in [-0.2, 0) is 39.8 Å². The first kappa shape index (κ1) is 11.9. The van der Waals surface area contributed by atoms with E-state index in [0.29, 0.717) is 0 Å². The van der Waals surface area contributed by atoms with E-state index in [1.54, 1.807) is 13.8 Å². The van der Waals surface area contributed by atoms with Gasteiger partial charge in [0.05, 0.1) is 0 Å². The van der Waals surface area contributed by atoms with Crippen LogP contribution in [0.15, 0.2) is 14.0 Å². The molecule has 0 saturated heterocycles. The van der Waals surface area contributed by atoms with Crippen molar-refractivity contribution < 1.29 is 37.1 Å². The van der Waals surface area contributed by atoms with Gasteiger partial charge in [-0.25, -0.2) is 0 Å². The SMILES string of the molecule is CC(C)[c-]1oc(=O)n(C)c1=O.[Y]. The molecule has 0 aliphatic heterocycles. The third kappa shape index (κ3) is 1.99. The van der Waals surface area contributed by atoms with E-state index in [-0.39, 0.29) is 49.9 Å². The van der Waals surface area contributed by atoms with Crippen LogP contribution in [0.2, 0.25) is 0 Å². The number of hydrogen-bond donors (Lipinski definition) is 0. The maximum atomic E-state index is 11.1. The molecule has 0 bridgehead atoms. The molecule has 1 aromatic heterocycles. The summed E-state index contributed by atoms with van der Waals surface area (Å²) in [6, 6.07) is 0. The molecule has 12 heavy (non-hydrogen) atoms. The summed E-state index contributed by atoms with van der Waals surface area (Å²) in [4.78, 5) is 21.9. The molecule has 1 rings (SSSR count). The van der Waals surface area contributed by atoms with Crippen molar-refractivity contribution >= 4 is 0 Å². The topological polar surface area (TPSA) is 52.2 Å². The standard InChI is InChI=1S/C7H10NO3.Y/c1-4(2)5-6(9)8(3)7(10)11-5;/h4H,1-3H3;/q-1;. The molecule has 0 unspecified atom stereocenters. The third-order valence-electron chi connectivity index (χ3n) is 1.51. The summed E-state index contributed by atoms with van der Waals surface area (Å²) >= 11 is 0. The van der Waals surface area contributed by atoms with Gasteiger partial charge in [-0.3, -0.25) is 4.79 Å². The van der Waals surface area contributed by atoms with Gasteiger partial charge in [0.2, 0.25) is 0 Å². The summed E-state index contributed by atoms with van der Waals surface area (Å²) in [7, 11) is 1.40. The summed E-state index contributed by atoms with van der Waals surface area (Å²) in [5.74, 6) is -0.382. The molecule has 0 aliphatic rings. The van der Waals surface area contributed by atoms with Gasteiger partial charge in [0.15, 0.2) is 5.56 Å². The van der Waals surface area contributed by atoms with Gasteiger partial charge in [-0.05, 0) is 0 Å². The van der Waals surface area contributed by atoms with Crippen molar-refractivity contribution in [2.45, 2.75) is 19.8 Å². The van der Waals surface area contributed by atoms with Gasteiger partial charge in [-0.2, -0.15) is 0 Å². The van der Waals surface area contributed by atoms with E-state index in [1.165, 1.54) is 7.05 Å². The zero-order valence-electron chi connectivity index (χ0n) is 7.33. The number of nitrogens with zero attached hydrogens (tertiary/aromatic N) is 1. The van der Waals surface area contributed by atoms with Gasteiger partial charge in [-0.1, -0.05) is 19.8 Å². The molecule has 5 heteroatoms. The van der Waals surface area contributed by atoms with Crippen LogP contribution >= 0.6 is 0 Å². The predicted molar refractivity (Wildman–Crippen MR) is 39.9 cm³/mol. The molecule has 0 aromatic carbocycles. The van der Waals surface area contributed by atoms with Gasteiger partial charge in [0, 0.05) is 45.5 Å². The van der Waals surface area contributed by atoms with Gasteiger partial charge in [0.25, 0.3) is 5.76 Å². The third-order valence-corrected chi connectivity index (χ3v) is 1.51. The van der Waals surface area contributed by atoms with E-state index in [9.17, 15) is 9.59 Å². The zero-order chi connectivity index (χ0) is 8.59. The Morgan fingerprint density at radius 3 is 2.08 bits per heavy atom. The molecule has 1 radical (unpaired) electrons. The van der Waals surface area contributed by atoms with Crippen LogP contribution in [-0.4, -0.2) is 4.57 Å². The molecule has 0 fully saturated rings. The van der Waals surface area contributed by atoms with Gasteiger partial charge < -0.3 is 13.8 Å². The second kappa shape index (κ2) is 4.24. The Kier molecular flexibility index (Phi) is 4.21. The molecule has 0 spiro atoms. The van der Waals surface area contributed by atoms with E-state index in [2.05, 4.69) is 0 Å². The fraction of sp³-hybridized carbons (Fsp3) is 0.571. The quantitative estimate of drug-likeness (QED) is 0.663. The molecule has 4 nitrogen and oxygen atoms in total. The second-order valence-electron chi connectivity index (χ2n) is 2.75. The van der Waals surface area contributed by atoms with E-state index >= 15 is 0 Å². The van der Waals surface area contributed by atoms with E-state index in [0.717, 1.165) is 4.57 Å². The fourth-order valence-corrected chi connectivity index (χ4v) is 0.819. The Hall–Kier alpha value is -0.0861.